The molecule has 0 amide bonds. The SMILES string of the molecule is COC(=O)C(C1CCCNCC1)C1CC1. The van der Waals surface area contributed by atoms with Gasteiger partial charge in [-0.3, -0.25) is 4.79 Å². The summed E-state index contributed by atoms with van der Waals surface area (Å²) >= 11 is 0. The first-order valence-corrected chi connectivity index (χ1v) is 6.11. The summed E-state index contributed by atoms with van der Waals surface area (Å²) in [5, 5.41) is 3.40. The monoisotopic (exact) mass is 211 g/mol. The third-order valence-electron chi connectivity index (χ3n) is 3.73. The zero-order valence-electron chi connectivity index (χ0n) is 9.50. The maximum Gasteiger partial charge on any atom is 0.309 e. The van der Waals surface area contributed by atoms with Crippen LogP contribution >= 0.6 is 0 Å². The molecule has 0 aromatic heterocycles. The third kappa shape index (κ3) is 2.71. The first-order valence-electron chi connectivity index (χ1n) is 6.11. The van der Waals surface area contributed by atoms with E-state index in [1.165, 1.54) is 32.8 Å². The maximum absolute atomic E-state index is 11.8. The molecule has 2 fully saturated rings. The minimum Gasteiger partial charge on any atom is -0.469 e. The molecule has 1 saturated heterocycles. The molecule has 0 aromatic carbocycles. The lowest BCUT2D eigenvalue weighted by molar-refractivity contribution is -0.148. The normalized spacial score (nSPS) is 29.3. The molecule has 2 atom stereocenters. The minimum atomic E-state index is 0.0319. The van der Waals surface area contributed by atoms with Crippen LogP contribution in [0, 0.1) is 17.8 Å². The number of carbonyl (C=O) groups is 1. The fourth-order valence-corrected chi connectivity index (χ4v) is 2.77. The molecule has 1 N–H and O–H groups in total. The molecular weight excluding hydrogens is 190 g/mol. The standard InChI is InChI=1S/C12H21NO2/c1-15-12(14)11(10-4-5-10)9-3-2-7-13-8-6-9/h9-11,13H,2-8H2,1H3. The van der Waals surface area contributed by atoms with Crippen LogP contribution in [0.1, 0.15) is 32.1 Å². The van der Waals surface area contributed by atoms with Crippen molar-refractivity contribution in [2.75, 3.05) is 20.2 Å². The van der Waals surface area contributed by atoms with Crippen LogP contribution in [0.5, 0.6) is 0 Å². The van der Waals surface area contributed by atoms with Crippen molar-refractivity contribution in [3.8, 4) is 0 Å². The summed E-state index contributed by atoms with van der Waals surface area (Å²) in [5.74, 6) is 1.40. The summed E-state index contributed by atoms with van der Waals surface area (Å²) in [6.45, 7) is 2.17. The number of hydrogen-bond donors (Lipinski definition) is 1. The van der Waals surface area contributed by atoms with E-state index in [1.54, 1.807) is 0 Å². The van der Waals surface area contributed by atoms with Gasteiger partial charge in [0.25, 0.3) is 0 Å². The summed E-state index contributed by atoms with van der Waals surface area (Å²) in [6, 6.07) is 0. The van der Waals surface area contributed by atoms with Crippen molar-refractivity contribution >= 4 is 5.97 Å². The molecule has 86 valence electrons. The molecule has 3 nitrogen and oxygen atoms in total. The van der Waals surface area contributed by atoms with Crippen molar-refractivity contribution in [1.82, 2.24) is 5.32 Å². The predicted molar refractivity (Wildman–Crippen MR) is 58.4 cm³/mol. The first-order chi connectivity index (χ1) is 7.33. The van der Waals surface area contributed by atoms with E-state index < -0.39 is 0 Å². The van der Waals surface area contributed by atoms with Gasteiger partial charge < -0.3 is 10.1 Å². The van der Waals surface area contributed by atoms with Gasteiger partial charge >= 0.3 is 5.97 Å². The van der Waals surface area contributed by atoms with E-state index in [9.17, 15) is 4.79 Å². The average Bonchev–Trinajstić information content (AvgIpc) is 3.05. The Balaban J connectivity index is 1.98. The van der Waals surface area contributed by atoms with Crippen molar-refractivity contribution in [2.24, 2.45) is 17.8 Å². The van der Waals surface area contributed by atoms with E-state index in [2.05, 4.69) is 5.32 Å². The molecule has 0 radical (unpaired) electrons. The van der Waals surface area contributed by atoms with Gasteiger partial charge in [0.05, 0.1) is 13.0 Å². The summed E-state index contributed by atoms with van der Waals surface area (Å²) in [6.07, 6.45) is 5.97. The smallest absolute Gasteiger partial charge is 0.309 e. The van der Waals surface area contributed by atoms with Crippen LogP contribution in [0.25, 0.3) is 0 Å². The summed E-state index contributed by atoms with van der Waals surface area (Å²) in [7, 11) is 1.52. The van der Waals surface area contributed by atoms with Crippen molar-refractivity contribution in [1.29, 1.82) is 0 Å². The molecule has 2 aliphatic rings. The Kier molecular flexibility index (Phi) is 3.62. The summed E-state index contributed by atoms with van der Waals surface area (Å²) < 4.78 is 4.95. The van der Waals surface area contributed by atoms with Crippen molar-refractivity contribution < 1.29 is 9.53 Å². The largest absolute Gasteiger partial charge is 0.469 e. The zero-order valence-corrected chi connectivity index (χ0v) is 9.50. The highest BCUT2D eigenvalue weighted by Gasteiger charge is 2.41. The highest BCUT2D eigenvalue weighted by molar-refractivity contribution is 5.73. The Labute approximate surface area is 91.6 Å². The average molecular weight is 211 g/mol. The number of rotatable bonds is 3. The van der Waals surface area contributed by atoms with E-state index in [1.807, 2.05) is 0 Å². The molecule has 15 heavy (non-hydrogen) atoms. The van der Waals surface area contributed by atoms with Gasteiger partial charge in [0.15, 0.2) is 0 Å². The molecule has 1 saturated carbocycles. The quantitative estimate of drug-likeness (QED) is 0.720. The number of esters is 1. The van der Waals surface area contributed by atoms with Crippen molar-refractivity contribution in [2.45, 2.75) is 32.1 Å². The Morgan fingerprint density at radius 3 is 2.60 bits per heavy atom. The second-order valence-corrected chi connectivity index (χ2v) is 4.83. The highest BCUT2D eigenvalue weighted by atomic mass is 16.5. The van der Waals surface area contributed by atoms with E-state index in [4.69, 9.17) is 4.74 Å². The minimum absolute atomic E-state index is 0.0319. The highest BCUT2D eigenvalue weighted by Crippen LogP contribution is 2.43. The van der Waals surface area contributed by atoms with Crippen LogP contribution < -0.4 is 5.32 Å². The predicted octanol–water partition coefficient (Wildman–Crippen LogP) is 1.58. The number of carbonyl (C=O) groups excluding carboxylic acids is 1. The fourth-order valence-electron chi connectivity index (χ4n) is 2.77. The zero-order chi connectivity index (χ0) is 10.7. The lowest BCUT2D eigenvalue weighted by atomic mass is 9.83. The van der Waals surface area contributed by atoms with E-state index >= 15 is 0 Å². The first kappa shape index (κ1) is 10.9. The number of ether oxygens (including phenoxy) is 1. The second-order valence-electron chi connectivity index (χ2n) is 4.83. The Morgan fingerprint density at radius 1 is 1.20 bits per heavy atom. The second kappa shape index (κ2) is 4.97. The van der Waals surface area contributed by atoms with Crippen LogP contribution in [0.2, 0.25) is 0 Å². The topological polar surface area (TPSA) is 38.3 Å². The van der Waals surface area contributed by atoms with Gasteiger partial charge in [-0.2, -0.15) is 0 Å². The fraction of sp³-hybridized carbons (Fsp3) is 0.917. The number of nitrogens with one attached hydrogen (secondary N) is 1. The van der Waals surface area contributed by atoms with E-state index in [0.29, 0.717) is 11.8 Å². The van der Waals surface area contributed by atoms with Gasteiger partial charge in [-0.05, 0) is 57.0 Å². The maximum atomic E-state index is 11.8. The van der Waals surface area contributed by atoms with Crippen LogP contribution in [0.15, 0.2) is 0 Å². The van der Waals surface area contributed by atoms with Gasteiger partial charge in [0.1, 0.15) is 0 Å². The molecule has 2 rings (SSSR count). The molecule has 3 heteroatoms. The number of methoxy groups -OCH3 is 1. The molecule has 2 unspecified atom stereocenters. The van der Waals surface area contributed by atoms with Crippen LogP contribution in [-0.2, 0) is 9.53 Å². The molecule has 0 spiro atoms. The van der Waals surface area contributed by atoms with E-state index in [0.717, 1.165) is 19.5 Å². The number of hydrogen-bond acceptors (Lipinski definition) is 3. The molecule has 0 bridgehead atoms. The van der Waals surface area contributed by atoms with Crippen molar-refractivity contribution in [3.05, 3.63) is 0 Å². The lowest BCUT2D eigenvalue weighted by Gasteiger charge is -2.23. The molecule has 1 aliphatic carbocycles. The summed E-state index contributed by atoms with van der Waals surface area (Å²) in [5.41, 5.74) is 0. The van der Waals surface area contributed by atoms with Gasteiger partial charge in [0, 0.05) is 0 Å². The lowest BCUT2D eigenvalue weighted by Crippen LogP contribution is -2.27. The van der Waals surface area contributed by atoms with Gasteiger partial charge in [-0.15, -0.1) is 0 Å². The molecule has 1 aliphatic heterocycles. The van der Waals surface area contributed by atoms with Crippen LogP contribution in [-0.4, -0.2) is 26.2 Å². The van der Waals surface area contributed by atoms with Crippen LogP contribution in [0.3, 0.4) is 0 Å². The molecule has 0 aromatic rings. The van der Waals surface area contributed by atoms with Crippen LogP contribution in [0.4, 0.5) is 0 Å². The molecular formula is C12H21NO2. The summed E-state index contributed by atoms with van der Waals surface area (Å²) in [4.78, 5) is 11.8. The third-order valence-corrected chi connectivity index (χ3v) is 3.73. The Bertz CT molecular complexity index is 218. The molecule has 1 heterocycles. The van der Waals surface area contributed by atoms with E-state index in [-0.39, 0.29) is 11.9 Å². The van der Waals surface area contributed by atoms with Gasteiger partial charge in [-0.1, -0.05) is 0 Å². The van der Waals surface area contributed by atoms with Gasteiger partial charge in [-0.25, -0.2) is 0 Å². The van der Waals surface area contributed by atoms with Gasteiger partial charge in [0.2, 0.25) is 0 Å². The Hall–Kier alpha value is -0.570. The van der Waals surface area contributed by atoms with Crippen molar-refractivity contribution in [3.63, 3.8) is 0 Å². The Morgan fingerprint density at radius 2 is 1.93 bits per heavy atom.